The zero-order chi connectivity index (χ0) is 17.0. The normalized spacial score (nSPS) is 10.5. The SMILES string of the molecule is CCCCCCCCCCOc1ncc(-c2ccc(C#N)cc2)s1. The highest BCUT2D eigenvalue weighted by atomic mass is 32.1. The molecule has 0 fully saturated rings. The Balaban J connectivity index is 1.64. The zero-order valence-electron chi connectivity index (χ0n) is 14.5. The Bertz CT molecular complexity index is 628. The minimum Gasteiger partial charge on any atom is -0.470 e. The Morgan fingerprint density at radius 3 is 2.33 bits per heavy atom. The second-order valence-electron chi connectivity index (χ2n) is 6.00. The first-order chi connectivity index (χ1) is 11.8. The molecule has 0 N–H and O–H groups in total. The van der Waals surface area contributed by atoms with Crippen molar-refractivity contribution in [1.82, 2.24) is 4.98 Å². The first-order valence-electron chi connectivity index (χ1n) is 8.92. The van der Waals surface area contributed by atoms with Crippen molar-refractivity contribution in [2.24, 2.45) is 0 Å². The fourth-order valence-electron chi connectivity index (χ4n) is 2.56. The highest BCUT2D eigenvalue weighted by Gasteiger charge is 2.05. The molecular formula is C20H26N2OS. The van der Waals surface area contributed by atoms with Crippen LogP contribution < -0.4 is 4.74 Å². The number of unbranched alkanes of at least 4 members (excludes halogenated alkanes) is 7. The van der Waals surface area contributed by atoms with E-state index in [4.69, 9.17) is 10.00 Å². The molecule has 1 aromatic heterocycles. The maximum absolute atomic E-state index is 8.84. The summed E-state index contributed by atoms with van der Waals surface area (Å²) < 4.78 is 5.75. The number of nitrogens with zero attached hydrogens (tertiary/aromatic N) is 2. The Morgan fingerprint density at radius 2 is 1.67 bits per heavy atom. The van der Waals surface area contributed by atoms with Gasteiger partial charge in [-0.25, -0.2) is 4.98 Å². The van der Waals surface area contributed by atoms with E-state index >= 15 is 0 Å². The van der Waals surface area contributed by atoms with Gasteiger partial charge in [0.05, 0.1) is 23.1 Å². The predicted molar refractivity (Wildman–Crippen MR) is 100 cm³/mol. The van der Waals surface area contributed by atoms with Gasteiger partial charge in [-0.05, 0) is 24.1 Å². The highest BCUT2D eigenvalue weighted by Crippen LogP contribution is 2.30. The van der Waals surface area contributed by atoms with Gasteiger partial charge in [0, 0.05) is 6.20 Å². The van der Waals surface area contributed by atoms with Crippen LogP contribution in [-0.4, -0.2) is 11.6 Å². The fourth-order valence-corrected chi connectivity index (χ4v) is 3.36. The Hall–Kier alpha value is -1.86. The van der Waals surface area contributed by atoms with Gasteiger partial charge in [0.25, 0.3) is 5.19 Å². The van der Waals surface area contributed by atoms with Crippen molar-refractivity contribution in [2.75, 3.05) is 6.61 Å². The quantitative estimate of drug-likeness (QED) is 0.457. The van der Waals surface area contributed by atoms with Crippen LogP contribution in [0.4, 0.5) is 0 Å². The van der Waals surface area contributed by atoms with Gasteiger partial charge in [0.2, 0.25) is 0 Å². The van der Waals surface area contributed by atoms with Crippen LogP contribution in [0, 0.1) is 11.3 Å². The monoisotopic (exact) mass is 342 g/mol. The van der Waals surface area contributed by atoms with Crippen molar-refractivity contribution in [3.05, 3.63) is 36.0 Å². The minimum atomic E-state index is 0.675. The lowest BCUT2D eigenvalue weighted by Crippen LogP contribution is -1.96. The van der Waals surface area contributed by atoms with Crippen molar-refractivity contribution in [3.63, 3.8) is 0 Å². The maximum Gasteiger partial charge on any atom is 0.273 e. The summed E-state index contributed by atoms with van der Waals surface area (Å²) in [7, 11) is 0. The summed E-state index contributed by atoms with van der Waals surface area (Å²) in [6, 6.07) is 9.70. The molecule has 0 unspecified atom stereocenters. The molecule has 0 saturated carbocycles. The molecule has 128 valence electrons. The van der Waals surface area contributed by atoms with Gasteiger partial charge < -0.3 is 4.74 Å². The average molecular weight is 343 g/mol. The number of benzene rings is 1. The summed E-state index contributed by atoms with van der Waals surface area (Å²) in [6.07, 6.45) is 12.3. The molecule has 0 aliphatic rings. The van der Waals surface area contributed by atoms with E-state index in [1.165, 1.54) is 44.9 Å². The molecule has 2 rings (SSSR count). The van der Waals surface area contributed by atoms with Crippen molar-refractivity contribution in [3.8, 4) is 21.7 Å². The second-order valence-corrected chi connectivity index (χ2v) is 7.00. The number of aromatic nitrogens is 1. The molecule has 1 heterocycles. The Labute approximate surface area is 149 Å². The molecule has 4 heteroatoms. The fraction of sp³-hybridized carbons (Fsp3) is 0.500. The van der Waals surface area contributed by atoms with Crippen LogP contribution in [0.15, 0.2) is 30.5 Å². The molecule has 0 saturated heterocycles. The van der Waals surface area contributed by atoms with Crippen LogP contribution in [0.3, 0.4) is 0 Å². The van der Waals surface area contributed by atoms with Crippen LogP contribution >= 0.6 is 11.3 Å². The van der Waals surface area contributed by atoms with E-state index in [2.05, 4.69) is 18.0 Å². The molecule has 0 spiro atoms. The van der Waals surface area contributed by atoms with E-state index in [0.29, 0.717) is 5.56 Å². The minimum absolute atomic E-state index is 0.675. The lowest BCUT2D eigenvalue weighted by Gasteiger charge is -2.03. The third-order valence-corrected chi connectivity index (χ3v) is 4.97. The molecule has 1 aromatic carbocycles. The third-order valence-electron chi connectivity index (χ3n) is 4.01. The molecule has 3 nitrogen and oxygen atoms in total. The molecule has 0 bridgehead atoms. The number of hydrogen-bond acceptors (Lipinski definition) is 4. The van der Waals surface area contributed by atoms with Crippen LogP contribution in [0.2, 0.25) is 0 Å². The van der Waals surface area contributed by atoms with Gasteiger partial charge in [-0.15, -0.1) is 0 Å². The molecular weight excluding hydrogens is 316 g/mol. The summed E-state index contributed by atoms with van der Waals surface area (Å²) in [5.41, 5.74) is 1.75. The zero-order valence-corrected chi connectivity index (χ0v) is 15.3. The molecule has 0 atom stereocenters. The molecule has 2 aromatic rings. The first kappa shape index (κ1) is 18.5. The van der Waals surface area contributed by atoms with Crippen LogP contribution in [0.5, 0.6) is 5.19 Å². The lowest BCUT2D eigenvalue weighted by atomic mass is 10.1. The summed E-state index contributed by atoms with van der Waals surface area (Å²) in [5.74, 6) is 0. The van der Waals surface area contributed by atoms with Gasteiger partial charge in [0.15, 0.2) is 0 Å². The van der Waals surface area contributed by atoms with Gasteiger partial charge >= 0.3 is 0 Å². The van der Waals surface area contributed by atoms with Crippen LogP contribution in [-0.2, 0) is 0 Å². The smallest absolute Gasteiger partial charge is 0.273 e. The third kappa shape index (κ3) is 6.33. The largest absolute Gasteiger partial charge is 0.470 e. The van der Waals surface area contributed by atoms with E-state index < -0.39 is 0 Å². The van der Waals surface area contributed by atoms with Crippen molar-refractivity contribution in [1.29, 1.82) is 5.26 Å². The number of nitriles is 1. The Morgan fingerprint density at radius 1 is 1.00 bits per heavy atom. The van der Waals surface area contributed by atoms with E-state index in [9.17, 15) is 0 Å². The number of ether oxygens (including phenoxy) is 1. The van der Waals surface area contributed by atoms with Crippen LogP contribution in [0.25, 0.3) is 10.4 Å². The van der Waals surface area contributed by atoms with Gasteiger partial charge in [-0.3, -0.25) is 0 Å². The van der Waals surface area contributed by atoms with E-state index in [0.717, 1.165) is 28.7 Å². The maximum atomic E-state index is 8.84. The topological polar surface area (TPSA) is 45.9 Å². The molecule has 24 heavy (non-hydrogen) atoms. The highest BCUT2D eigenvalue weighted by molar-refractivity contribution is 7.16. The number of hydrogen-bond donors (Lipinski definition) is 0. The molecule has 0 aliphatic heterocycles. The number of thiazole rings is 1. The number of rotatable bonds is 11. The van der Waals surface area contributed by atoms with Crippen molar-refractivity contribution >= 4 is 11.3 Å². The predicted octanol–water partition coefficient (Wildman–Crippen LogP) is 6.20. The van der Waals surface area contributed by atoms with Gasteiger partial charge in [-0.1, -0.05) is 75.3 Å². The lowest BCUT2D eigenvalue weighted by molar-refractivity contribution is 0.303. The van der Waals surface area contributed by atoms with E-state index in [1.807, 2.05) is 30.5 Å². The summed E-state index contributed by atoms with van der Waals surface area (Å²) in [4.78, 5) is 5.41. The van der Waals surface area contributed by atoms with Gasteiger partial charge in [-0.2, -0.15) is 5.26 Å². The summed E-state index contributed by atoms with van der Waals surface area (Å²) in [6.45, 7) is 3.00. The summed E-state index contributed by atoms with van der Waals surface area (Å²) in [5, 5.41) is 9.57. The second kappa shape index (κ2) is 10.8. The van der Waals surface area contributed by atoms with E-state index in [-0.39, 0.29) is 0 Å². The molecule has 0 radical (unpaired) electrons. The molecule has 0 aliphatic carbocycles. The summed E-state index contributed by atoms with van der Waals surface area (Å²) >= 11 is 1.56. The van der Waals surface area contributed by atoms with E-state index in [1.54, 1.807) is 11.3 Å². The standard InChI is InChI=1S/C20H26N2OS/c1-2-3-4-5-6-7-8-9-14-23-20-22-16-19(24-20)18-12-10-17(15-21)11-13-18/h10-13,16H,2-9,14H2,1H3. The Kier molecular flexibility index (Phi) is 8.34. The van der Waals surface area contributed by atoms with Crippen LogP contribution in [0.1, 0.15) is 63.9 Å². The van der Waals surface area contributed by atoms with Crippen molar-refractivity contribution < 1.29 is 4.74 Å². The molecule has 0 amide bonds. The average Bonchev–Trinajstić information content (AvgIpc) is 3.09. The van der Waals surface area contributed by atoms with Crippen molar-refractivity contribution in [2.45, 2.75) is 58.3 Å². The van der Waals surface area contributed by atoms with Gasteiger partial charge in [0.1, 0.15) is 0 Å². The first-order valence-corrected chi connectivity index (χ1v) is 9.74.